The summed E-state index contributed by atoms with van der Waals surface area (Å²) in [6.07, 6.45) is 6.71. The van der Waals surface area contributed by atoms with Crippen molar-refractivity contribution in [3.63, 3.8) is 0 Å². The van der Waals surface area contributed by atoms with Crippen LogP contribution < -0.4 is 5.32 Å². The first kappa shape index (κ1) is 12.3. The molecule has 3 nitrogen and oxygen atoms in total. The quantitative estimate of drug-likeness (QED) is 0.697. The molecule has 3 heteroatoms. The Balaban J connectivity index is 1.56. The summed E-state index contributed by atoms with van der Waals surface area (Å²) < 4.78 is 5.34. The molecule has 1 N–H and O–H groups in total. The maximum Gasteiger partial charge on any atom is 0.0477 e. The molecule has 2 aliphatic heterocycles. The van der Waals surface area contributed by atoms with Crippen LogP contribution >= 0.6 is 0 Å². The van der Waals surface area contributed by atoms with Crippen LogP contribution in [0.5, 0.6) is 0 Å². The Morgan fingerprint density at radius 1 is 1.31 bits per heavy atom. The number of piperidine rings is 1. The Labute approximate surface area is 99.5 Å². The van der Waals surface area contributed by atoms with Gasteiger partial charge in [-0.3, -0.25) is 0 Å². The van der Waals surface area contributed by atoms with E-state index >= 15 is 0 Å². The van der Waals surface area contributed by atoms with E-state index in [-0.39, 0.29) is 0 Å². The molecular formula is C13H26N2O. The summed E-state index contributed by atoms with van der Waals surface area (Å²) >= 11 is 0. The van der Waals surface area contributed by atoms with Crippen LogP contribution in [0.15, 0.2) is 0 Å². The third-order valence-electron chi connectivity index (χ3n) is 3.92. The molecule has 2 fully saturated rings. The Hall–Kier alpha value is -0.120. The molecule has 94 valence electrons. The first-order valence-electron chi connectivity index (χ1n) is 6.95. The van der Waals surface area contributed by atoms with Crippen LogP contribution in [0.25, 0.3) is 0 Å². The minimum absolute atomic E-state index is 0.765. The van der Waals surface area contributed by atoms with Gasteiger partial charge >= 0.3 is 0 Å². The zero-order valence-corrected chi connectivity index (χ0v) is 10.6. The molecule has 2 rings (SSSR count). The fraction of sp³-hybridized carbons (Fsp3) is 1.00. The molecule has 0 aromatic rings. The molecule has 0 aliphatic carbocycles. The third-order valence-corrected chi connectivity index (χ3v) is 3.92. The van der Waals surface area contributed by atoms with Crippen LogP contribution in [0.2, 0.25) is 0 Å². The lowest BCUT2D eigenvalue weighted by Gasteiger charge is -2.35. The van der Waals surface area contributed by atoms with E-state index in [0.717, 1.165) is 38.3 Å². The second-order valence-electron chi connectivity index (χ2n) is 5.06. The van der Waals surface area contributed by atoms with E-state index in [0.29, 0.717) is 0 Å². The van der Waals surface area contributed by atoms with Crippen molar-refractivity contribution in [3.8, 4) is 0 Å². The topological polar surface area (TPSA) is 24.5 Å². The Morgan fingerprint density at radius 3 is 3.12 bits per heavy atom. The minimum atomic E-state index is 0.765. The Morgan fingerprint density at radius 2 is 2.25 bits per heavy atom. The SMILES string of the molecule is CCOCCCNC1CCN2CCCC2C1. The Bertz CT molecular complexity index is 198. The first-order valence-corrected chi connectivity index (χ1v) is 6.95. The number of hydrogen-bond acceptors (Lipinski definition) is 3. The molecule has 0 bridgehead atoms. The molecule has 0 radical (unpaired) electrons. The fourth-order valence-electron chi connectivity index (χ4n) is 3.03. The van der Waals surface area contributed by atoms with Gasteiger partial charge in [-0.1, -0.05) is 0 Å². The molecule has 0 aromatic carbocycles. The first-order chi connectivity index (χ1) is 7.90. The van der Waals surface area contributed by atoms with E-state index in [1.807, 2.05) is 0 Å². The minimum Gasteiger partial charge on any atom is -0.382 e. The summed E-state index contributed by atoms with van der Waals surface area (Å²) in [5, 5.41) is 3.69. The highest BCUT2D eigenvalue weighted by molar-refractivity contribution is 4.88. The number of hydrogen-bond donors (Lipinski definition) is 1. The number of rotatable bonds is 6. The summed E-state index contributed by atoms with van der Waals surface area (Å²) in [6.45, 7) is 7.60. The van der Waals surface area contributed by atoms with Gasteiger partial charge in [0.2, 0.25) is 0 Å². The van der Waals surface area contributed by atoms with E-state index in [1.54, 1.807) is 0 Å². The summed E-state index contributed by atoms with van der Waals surface area (Å²) in [5.41, 5.74) is 0. The highest BCUT2D eigenvalue weighted by atomic mass is 16.5. The molecule has 2 aliphatic rings. The lowest BCUT2D eigenvalue weighted by Crippen LogP contribution is -2.45. The predicted molar refractivity (Wildman–Crippen MR) is 66.7 cm³/mol. The van der Waals surface area contributed by atoms with Crippen molar-refractivity contribution in [1.82, 2.24) is 10.2 Å². The molecule has 2 unspecified atom stereocenters. The standard InChI is InChI=1S/C13H26N2O/c1-2-16-10-4-7-14-12-6-9-15-8-3-5-13(15)11-12/h12-14H,2-11H2,1H3. The number of nitrogens with zero attached hydrogens (tertiary/aromatic N) is 1. The normalized spacial score (nSPS) is 30.6. The monoisotopic (exact) mass is 226 g/mol. The van der Waals surface area contributed by atoms with Gasteiger partial charge < -0.3 is 15.0 Å². The van der Waals surface area contributed by atoms with Gasteiger partial charge in [0.25, 0.3) is 0 Å². The largest absolute Gasteiger partial charge is 0.382 e. The number of nitrogens with one attached hydrogen (secondary N) is 1. The van der Waals surface area contributed by atoms with Crippen LogP contribution in [-0.2, 0) is 4.74 Å². The van der Waals surface area contributed by atoms with Crippen LogP contribution in [-0.4, -0.2) is 49.8 Å². The van der Waals surface area contributed by atoms with Crippen molar-refractivity contribution in [3.05, 3.63) is 0 Å². The van der Waals surface area contributed by atoms with Gasteiger partial charge in [-0.2, -0.15) is 0 Å². The van der Waals surface area contributed by atoms with Crippen LogP contribution in [0.3, 0.4) is 0 Å². The second-order valence-corrected chi connectivity index (χ2v) is 5.06. The van der Waals surface area contributed by atoms with E-state index in [2.05, 4.69) is 17.1 Å². The van der Waals surface area contributed by atoms with Crippen molar-refractivity contribution in [2.24, 2.45) is 0 Å². The Kier molecular flexibility index (Phi) is 5.07. The van der Waals surface area contributed by atoms with Gasteiger partial charge in [0.15, 0.2) is 0 Å². The maximum atomic E-state index is 5.34. The van der Waals surface area contributed by atoms with Crippen molar-refractivity contribution in [2.45, 2.75) is 51.1 Å². The van der Waals surface area contributed by atoms with E-state index in [9.17, 15) is 0 Å². The van der Waals surface area contributed by atoms with Crippen LogP contribution in [0.4, 0.5) is 0 Å². The summed E-state index contributed by atoms with van der Waals surface area (Å²) in [7, 11) is 0. The van der Waals surface area contributed by atoms with Gasteiger partial charge in [-0.25, -0.2) is 0 Å². The average Bonchev–Trinajstić information content (AvgIpc) is 2.76. The molecule has 2 heterocycles. The smallest absolute Gasteiger partial charge is 0.0477 e. The zero-order valence-electron chi connectivity index (χ0n) is 10.6. The highest BCUT2D eigenvalue weighted by Gasteiger charge is 2.31. The molecule has 2 saturated heterocycles. The van der Waals surface area contributed by atoms with Gasteiger partial charge in [-0.15, -0.1) is 0 Å². The zero-order chi connectivity index (χ0) is 11.2. The molecule has 0 aromatic heterocycles. The van der Waals surface area contributed by atoms with Gasteiger partial charge in [0.05, 0.1) is 0 Å². The summed E-state index contributed by atoms with van der Waals surface area (Å²) in [6, 6.07) is 1.65. The number of ether oxygens (including phenoxy) is 1. The van der Waals surface area contributed by atoms with Gasteiger partial charge in [0, 0.05) is 25.3 Å². The lowest BCUT2D eigenvalue weighted by atomic mass is 9.97. The molecule has 2 atom stereocenters. The van der Waals surface area contributed by atoms with Gasteiger partial charge in [-0.05, 0) is 58.7 Å². The van der Waals surface area contributed by atoms with E-state index in [4.69, 9.17) is 4.74 Å². The molecule has 0 saturated carbocycles. The molecule has 0 spiro atoms. The number of fused-ring (bicyclic) bond motifs is 1. The van der Waals surface area contributed by atoms with Gasteiger partial charge in [0.1, 0.15) is 0 Å². The predicted octanol–water partition coefficient (Wildman–Crippen LogP) is 1.63. The lowest BCUT2D eigenvalue weighted by molar-refractivity contribution is 0.138. The molecular weight excluding hydrogens is 200 g/mol. The fourth-order valence-corrected chi connectivity index (χ4v) is 3.03. The third kappa shape index (κ3) is 3.44. The molecule has 0 amide bonds. The average molecular weight is 226 g/mol. The van der Waals surface area contributed by atoms with Crippen molar-refractivity contribution in [1.29, 1.82) is 0 Å². The van der Waals surface area contributed by atoms with Crippen molar-refractivity contribution in [2.75, 3.05) is 32.8 Å². The van der Waals surface area contributed by atoms with Crippen molar-refractivity contribution < 1.29 is 4.74 Å². The van der Waals surface area contributed by atoms with E-state index < -0.39 is 0 Å². The summed E-state index contributed by atoms with van der Waals surface area (Å²) in [4.78, 5) is 2.68. The molecule has 16 heavy (non-hydrogen) atoms. The second kappa shape index (κ2) is 6.58. The summed E-state index contributed by atoms with van der Waals surface area (Å²) in [5.74, 6) is 0. The van der Waals surface area contributed by atoms with Crippen molar-refractivity contribution >= 4 is 0 Å². The maximum absolute atomic E-state index is 5.34. The highest BCUT2D eigenvalue weighted by Crippen LogP contribution is 2.26. The van der Waals surface area contributed by atoms with E-state index in [1.165, 1.54) is 38.8 Å². The van der Waals surface area contributed by atoms with Crippen LogP contribution in [0.1, 0.15) is 39.0 Å². The van der Waals surface area contributed by atoms with Crippen LogP contribution in [0, 0.1) is 0 Å².